The molecule has 1 saturated heterocycles. The van der Waals surface area contributed by atoms with Gasteiger partial charge in [0.25, 0.3) is 0 Å². The van der Waals surface area contributed by atoms with E-state index < -0.39 is 6.10 Å². The SMILES string of the molecule is N#Cc1ccc(OCC(O)CN2CCCC2c2nc3ccccc3s2)cc1. The minimum Gasteiger partial charge on any atom is -0.491 e. The molecule has 1 aromatic heterocycles. The predicted octanol–water partition coefficient (Wildman–Crippen LogP) is 3.74. The van der Waals surface area contributed by atoms with Crippen LogP contribution in [0.2, 0.25) is 0 Å². The average molecular weight is 379 g/mol. The number of aromatic nitrogens is 1. The fraction of sp³-hybridized carbons (Fsp3) is 0.333. The van der Waals surface area contributed by atoms with Crippen molar-refractivity contribution in [3.05, 3.63) is 59.1 Å². The molecule has 2 unspecified atom stereocenters. The van der Waals surface area contributed by atoms with Crippen molar-refractivity contribution in [3.63, 3.8) is 0 Å². The Kier molecular flexibility index (Phi) is 5.35. The maximum atomic E-state index is 10.4. The second kappa shape index (κ2) is 8.05. The number of fused-ring (bicyclic) bond motifs is 1. The Morgan fingerprint density at radius 1 is 1.26 bits per heavy atom. The molecular formula is C21H21N3O2S. The zero-order valence-corrected chi connectivity index (χ0v) is 15.7. The van der Waals surface area contributed by atoms with Gasteiger partial charge in [0, 0.05) is 6.54 Å². The quantitative estimate of drug-likeness (QED) is 0.706. The number of benzene rings is 2. The molecule has 0 bridgehead atoms. The first-order valence-corrected chi connectivity index (χ1v) is 9.95. The third-order valence-corrected chi connectivity index (χ3v) is 5.97. The highest BCUT2D eigenvalue weighted by Crippen LogP contribution is 2.36. The number of aliphatic hydroxyl groups is 1. The first kappa shape index (κ1) is 17.9. The van der Waals surface area contributed by atoms with Gasteiger partial charge >= 0.3 is 0 Å². The van der Waals surface area contributed by atoms with Crippen molar-refractivity contribution < 1.29 is 9.84 Å². The summed E-state index contributed by atoms with van der Waals surface area (Å²) in [6.45, 7) is 1.76. The van der Waals surface area contributed by atoms with Gasteiger partial charge in [-0.1, -0.05) is 12.1 Å². The van der Waals surface area contributed by atoms with Crippen LogP contribution in [0, 0.1) is 11.3 Å². The zero-order valence-electron chi connectivity index (χ0n) is 14.9. The number of β-amino-alcohol motifs (C(OH)–C–C–N with tert-alkyl or cyclic N) is 1. The Balaban J connectivity index is 1.36. The average Bonchev–Trinajstić information content (AvgIpc) is 3.33. The number of nitrogens with zero attached hydrogens (tertiary/aromatic N) is 3. The first-order chi connectivity index (χ1) is 13.2. The topological polar surface area (TPSA) is 69.4 Å². The van der Waals surface area contributed by atoms with E-state index in [1.807, 2.05) is 12.1 Å². The van der Waals surface area contributed by atoms with E-state index in [1.54, 1.807) is 35.6 Å². The van der Waals surface area contributed by atoms with Crippen LogP contribution in [0.1, 0.15) is 29.5 Å². The summed E-state index contributed by atoms with van der Waals surface area (Å²) in [5.41, 5.74) is 1.65. The molecule has 5 nitrogen and oxygen atoms in total. The number of rotatable bonds is 6. The summed E-state index contributed by atoms with van der Waals surface area (Å²) in [7, 11) is 0. The van der Waals surface area contributed by atoms with Crippen LogP contribution in [0.25, 0.3) is 10.2 Å². The van der Waals surface area contributed by atoms with Gasteiger partial charge in [-0.25, -0.2) is 4.98 Å². The number of likely N-dealkylation sites (tertiary alicyclic amines) is 1. The molecule has 6 heteroatoms. The van der Waals surface area contributed by atoms with E-state index in [2.05, 4.69) is 23.1 Å². The maximum absolute atomic E-state index is 10.4. The highest BCUT2D eigenvalue weighted by Gasteiger charge is 2.30. The van der Waals surface area contributed by atoms with Crippen LogP contribution in [0.4, 0.5) is 0 Å². The van der Waals surface area contributed by atoms with Gasteiger partial charge in [-0.2, -0.15) is 5.26 Å². The van der Waals surface area contributed by atoms with E-state index in [0.29, 0.717) is 17.9 Å². The molecule has 1 fully saturated rings. The van der Waals surface area contributed by atoms with Crippen LogP contribution < -0.4 is 4.74 Å². The molecule has 0 amide bonds. The minimum absolute atomic E-state index is 0.231. The lowest BCUT2D eigenvalue weighted by Gasteiger charge is -2.25. The van der Waals surface area contributed by atoms with Gasteiger partial charge in [0.2, 0.25) is 0 Å². The largest absolute Gasteiger partial charge is 0.491 e. The standard InChI is InChI=1S/C21H21N3O2S/c22-12-15-7-9-17(10-8-15)26-14-16(25)13-24-11-3-5-19(24)21-23-18-4-1-2-6-20(18)27-21/h1-2,4,6-10,16,19,25H,3,5,11,13-14H2. The number of ether oxygens (including phenoxy) is 1. The molecule has 2 heterocycles. The van der Waals surface area contributed by atoms with Crippen molar-refractivity contribution in [2.75, 3.05) is 19.7 Å². The lowest BCUT2D eigenvalue weighted by Crippen LogP contribution is -2.35. The molecule has 3 aromatic rings. The monoisotopic (exact) mass is 379 g/mol. The van der Waals surface area contributed by atoms with E-state index in [0.717, 1.165) is 29.9 Å². The molecule has 2 atom stereocenters. The van der Waals surface area contributed by atoms with Crippen molar-refractivity contribution in [3.8, 4) is 11.8 Å². The van der Waals surface area contributed by atoms with Crippen molar-refractivity contribution in [2.45, 2.75) is 25.0 Å². The molecule has 0 aliphatic carbocycles. The molecule has 4 rings (SSSR count). The van der Waals surface area contributed by atoms with Crippen LogP contribution in [0.3, 0.4) is 0 Å². The van der Waals surface area contributed by atoms with Gasteiger partial charge < -0.3 is 9.84 Å². The summed E-state index contributed by atoms with van der Waals surface area (Å²) in [4.78, 5) is 7.11. The molecule has 0 saturated carbocycles. The maximum Gasteiger partial charge on any atom is 0.119 e. The van der Waals surface area contributed by atoms with Crippen molar-refractivity contribution in [1.29, 1.82) is 5.26 Å². The second-order valence-electron chi connectivity index (χ2n) is 6.77. The highest BCUT2D eigenvalue weighted by molar-refractivity contribution is 7.18. The van der Waals surface area contributed by atoms with E-state index >= 15 is 0 Å². The Hall–Kier alpha value is -2.46. The lowest BCUT2D eigenvalue weighted by molar-refractivity contribution is 0.0638. The number of hydrogen-bond donors (Lipinski definition) is 1. The van der Waals surface area contributed by atoms with Gasteiger partial charge in [-0.15, -0.1) is 11.3 Å². The molecule has 0 radical (unpaired) electrons. The van der Waals surface area contributed by atoms with E-state index in [4.69, 9.17) is 15.0 Å². The van der Waals surface area contributed by atoms with E-state index in [1.165, 1.54) is 4.70 Å². The summed E-state index contributed by atoms with van der Waals surface area (Å²) in [5.74, 6) is 0.664. The number of nitriles is 1. The molecule has 0 spiro atoms. The third-order valence-electron chi connectivity index (χ3n) is 4.83. The predicted molar refractivity (Wildman–Crippen MR) is 106 cm³/mol. The zero-order chi connectivity index (χ0) is 18.6. The van der Waals surface area contributed by atoms with Crippen molar-refractivity contribution in [1.82, 2.24) is 9.88 Å². The summed E-state index contributed by atoms with van der Waals surface area (Å²) in [5, 5.41) is 20.4. The van der Waals surface area contributed by atoms with Gasteiger partial charge in [0.15, 0.2) is 0 Å². The van der Waals surface area contributed by atoms with Crippen LogP contribution >= 0.6 is 11.3 Å². The Morgan fingerprint density at radius 3 is 2.85 bits per heavy atom. The Morgan fingerprint density at radius 2 is 2.07 bits per heavy atom. The van der Waals surface area contributed by atoms with Crippen LogP contribution in [0.15, 0.2) is 48.5 Å². The summed E-state index contributed by atoms with van der Waals surface area (Å²) in [6.07, 6.45) is 1.61. The summed E-state index contributed by atoms with van der Waals surface area (Å²) in [6, 6.07) is 17.5. The van der Waals surface area contributed by atoms with Crippen LogP contribution in [-0.4, -0.2) is 40.8 Å². The Bertz CT molecular complexity index is 915. The minimum atomic E-state index is -0.573. The Labute approximate surface area is 162 Å². The summed E-state index contributed by atoms with van der Waals surface area (Å²) >= 11 is 1.75. The smallest absolute Gasteiger partial charge is 0.119 e. The fourth-order valence-electron chi connectivity index (χ4n) is 3.50. The third kappa shape index (κ3) is 4.11. The summed E-state index contributed by atoms with van der Waals surface area (Å²) < 4.78 is 6.88. The first-order valence-electron chi connectivity index (χ1n) is 9.13. The van der Waals surface area contributed by atoms with Gasteiger partial charge in [0.05, 0.1) is 27.9 Å². The number of para-hydroxylation sites is 1. The number of hydrogen-bond acceptors (Lipinski definition) is 6. The molecule has 2 aromatic carbocycles. The molecule has 138 valence electrons. The van der Waals surface area contributed by atoms with Crippen molar-refractivity contribution >= 4 is 21.6 Å². The van der Waals surface area contributed by atoms with E-state index in [9.17, 15) is 5.11 Å². The van der Waals surface area contributed by atoms with Crippen LogP contribution in [0.5, 0.6) is 5.75 Å². The molecule has 1 aliphatic rings. The second-order valence-corrected chi connectivity index (χ2v) is 7.84. The highest BCUT2D eigenvalue weighted by atomic mass is 32.1. The van der Waals surface area contributed by atoms with Gasteiger partial charge in [-0.05, 0) is 55.8 Å². The molecular weight excluding hydrogens is 358 g/mol. The van der Waals surface area contributed by atoms with Crippen LogP contribution in [-0.2, 0) is 0 Å². The van der Waals surface area contributed by atoms with E-state index in [-0.39, 0.29) is 12.6 Å². The lowest BCUT2D eigenvalue weighted by atomic mass is 10.2. The van der Waals surface area contributed by atoms with Gasteiger partial charge in [0.1, 0.15) is 23.5 Å². The molecule has 27 heavy (non-hydrogen) atoms. The fourth-order valence-corrected chi connectivity index (χ4v) is 4.64. The number of thiazole rings is 1. The number of aliphatic hydroxyl groups excluding tert-OH is 1. The van der Waals surface area contributed by atoms with Gasteiger partial charge in [-0.3, -0.25) is 4.90 Å². The molecule has 1 N–H and O–H groups in total. The molecule has 1 aliphatic heterocycles. The van der Waals surface area contributed by atoms with Crippen molar-refractivity contribution in [2.24, 2.45) is 0 Å². The normalized spacial score (nSPS) is 18.4.